The van der Waals surface area contributed by atoms with Gasteiger partial charge in [0, 0.05) is 25.6 Å². The number of likely N-dealkylation sites (tertiary alicyclic amines) is 1. The zero-order valence-corrected chi connectivity index (χ0v) is 12.5. The van der Waals surface area contributed by atoms with Crippen LogP contribution < -0.4 is 0 Å². The van der Waals surface area contributed by atoms with Gasteiger partial charge in [0.2, 0.25) is 5.91 Å². The molecular formula is C16H25NO4. The van der Waals surface area contributed by atoms with Crippen molar-refractivity contribution in [3.05, 3.63) is 0 Å². The van der Waals surface area contributed by atoms with Crippen LogP contribution in [0.25, 0.3) is 0 Å². The van der Waals surface area contributed by atoms with Crippen molar-refractivity contribution in [1.29, 1.82) is 0 Å². The average Bonchev–Trinajstić information content (AvgIpc) is 3.18. The Balaban J connectivity index is 1.48. The van der Waals surface area contributed by atoms with Gasteiger partial charge in [0.05, 0.1) is 12.0 Å². The third kappa shape index (κ3) is 3.76. The van der Waals surface area contributed by atoms with Crippen molar-refractivity contribution < 1.29 is 19.4 Å². The van der Waals surface area contributed by atoms with Crippen LogP contribution in [-0.2, 0) is 14.3 Å². The van der Waals surface area contributed by atoms with Crippen LogP contribution in [0.5, 0.6) is 0 Å². The number of carbonyl (C=O) groups excluding carboxylic acids is 1. The largest absolute Gasteiger partial charge is 0.481 e. The summed E-state index contributed by atoms with van der Waals surface area (Å²) in [5, 5.41) is 9.05. The number of rotatable bonds is 5. The molecule has 5 nitrogen and oxygen atoms in total. The topological polar surface area (TPSA) is 66.8 Å². The molecule has 0 spiro atoms. The van der Waals surface area contributed by atoms with E-state index >= 15 is 0 Å². The number of nitrogens with zero attached hydrogens (tertiary/aromatic N) is 1. The zero-order valence-electron chi connectivity index (χ0n) is 12.5. The lowest BCUT2D eigenvalue weighted by atomic mass is 10.0. The van der Waals surface area contributed by atoms with Crippen molar-refractivity contribution >= 4 is 11.9 Å². The molecule has 1 heterocycles. The van der Waals surface area contributed by atoms with Crippen LogP contribution in [0, 0.1) is 17.8 Å². The molecule has 1 amide bonds. The van der Waals surface area contributed by atoms with Crippen molar-refractivity contribution in [1.82, 2.24) is 4.90 Å². The van der Waals surface area contributed by atoms with Crippen molar-refractivity contribution in [2.24, 2.45) is 17.8 Å². The molecule has 2 aliphatic carbocycles. The van der Waals surface area contributed by atoms with Gasteiger partial charge in [-0.05, 0) is 50.9 Å². The van der Waals surface area contributed by atoms with Crippen molar-refractivity contribution in [2.45, 2.75) is 51.0 Å². The number of carbonyl (C=O) groups is 2. The van der Waals surface area contributed by atoms with E-state index in [1.807, 2.05) is 4.90 Å². The van der Waals surface area contributed by atoms with Gasteiger partial charge in [-0.25, -0.2) is 0 Å². The Morgan fingerprint density at radius 2 is 1.86 bits per heavy atom. The molecular weight excluding hydrogens is 270 g/mol. The smallest absolute Gasteiger partial charge is 0.306 e. The maximum atomic E-state index is 12.5. The van der Waals surface area contributed by atoms with Gasteiger partial charge < -0.3 is 14.7 Å². The third-order valence-electron chi connectivity index (χ3n) is 5.09. The Morgan fingerprint density at radius 1 is 1.10 bits per heavy atom. The number of amides is 1. The highest BCUT2D eigenvalue weighted by molar-refractivity contribution is 5.81. The van der Waals surface area contributed by atoms with Crippen LogP contribution in [0.3, 0.4) is 0 Å². The summed E-state index contributed by atoms with van der Waals surface area (Å²) in [6.45, 7) is 2.34. The Morgan fingerprint density at radius 3 is 2.52 bits per heavy atom. The molecule has 1 N–H and O–H groups in total. The fourth-order valence-electron chi connectivity index (χ4n) is 3.52. The van der Waals surface area contributed by atoms with Crippen molar-refractivity contribution in [3.63, 3.8) is 0 Å². The molecule has 1 aliphatic heterocycles. The number of hydrogen-bond donors (Lipinski definition) is 1. The predicted molar refractivity (Wildman–Crippen MR) is 76.7 cm³/mol. The van der Waals surface area contributed by atoms with Crippen LogP contribution in [-0.4, -0.2) is 47.7 Å². The first-order valence-electron chi connectivity index (χ1n) is 8.26. The van der Waals surface area contributed by atoms with E-state index < -0.39 is 5.97 Å². The molecule has 1 saturated heterocycles. The van der Waals surface area contributed by atoms with Gasteiger partial charge in [-0.2, -0.15) is 0 Å². The summed E-state index contributed by atoms with van der Waals surface area (Å²) in [6, 6.07) is 0. The molecule has 3 atom stereocenters. The monoisotopic (exact) mass is 295 g/mol. The van der Waals surface area contributed by atoms with Crippen molar-refractivity contribution in [3.8, 4) is 0 Å². The number of ether oxygens (including phenoxy) is 1. The van der Waals surface area contributed by atoms with Crippen LogP contribution in [0.15, 0.2) is 0 Å². The highest BCUT2D eigenvalue weighted by atomic mass is 16.5. The SMILES string of the molecule is O=C(O)[C@@H]1CC[C@H](C(=O)N2CCCC(OCC3CC3)C2)C1. The maximum absolute atomic E-state index is 12.5. The second kappa shape index (κ2) is 6.34. The van der Waals surface area contributed by atoms with E-state index in [0.29, 0.717) is 19.4 Å². The number of hydrogen-bond acceptors (Lipinski definition) is 3. The van der Waals surface area contributed by atoms with E-state index in [2.05, 4.69) is 0 Å². The fraction of sp³-hybridized carbons (Fsp3) is 0.875. The second-order valence-electron chi connectivity index (χ2n) is 6.87. The normalized spacial score (nSPS) is 33.1. The molecule has 2 saturated carbocycles. The van der Waals surface area contributed by atoms with Gasteiger partial charge in [-0.15, -0.1) is 0 Å². The second-order valence-corrected chi connectivity index (χ2v) is 6.87. The Kier molecular flexibility index (Phi) is 4.48. The molecule has 3 aliphatic rings. The van der Waals surface area contributed by atoms with Gasteiger partial charge in [-0.1, -0.05) is 0 Å². The van der Waals surface area contributed by atoms with Gasteiger partial charge >= 0.3 is 5.97 Å². The molecule has 3 rings (SSSR count). The summed E-state index contributed by atoms with van der Waals surface area (Å²) < 4.78 is 5.92. The number of piperidine rings is 1. The summed E-state index contributed by atoms with van der Waals surface area (Å²) in [5.41, 5.74) is 0. The van der Waals surface area contributed by atoms with E-state index in [9.17, 15) is 9.59 Å². The Labute approximate surface area is 125 Å². The van der Waals surface area contributed by atoms with Crippen LogP contribution in [0.4, 0.5) is 0 Å². The van der Waals surface area contributed by atoms with E-state index in [0.717, 1.165) is 38.3 Å². The molecule has 21 heavy (non-hydrogen) atoms. The minimum atomic E-state index is -0.755. The van der Waals surface area contributed by atoms with E-state index in [4.69, 9.17) is 9.84 Å². The standard InChI is InChI=1S/C16H25NO4/c18-15(12-5-6-13(8-12)16(19)20)17-7-1-2-14(9-17)21-10-11-3-4-11/h11-14H,1-10H2,(H,19,20)/t12-,13+,14?/m0/s1. The van der Waals surface area contributed by atoms with Crippen LogP contribution in [0.1, 0.15) is 44.9 Å². The summed E-state index contributed by atoms with van der Waals surface area (Å²) in [6.07, 6.45) is 6.66. The fourth-order valence-corrected chi connectivity index (χ4v) is 3.52. The summed E-state index contributed by atoms with van der Waals surface area (Å²) in [7, 11) is 0. The van der Waals surface area contributed by atoms with Gasteiger partial charge in [0.15, 0.2) is 0 Å². The molecule has 3 fully saturated rings. The maximum Gasteiger partial charge on any atom is 0.306 e. The molecule has 0 aromatic rings. The molecule has 0 aromatic carbocycles. The molecule has 0 bridgehead atoms. The van der Waals surface area contributed by atoms with E-state index in [1.54, 1.807) is 0 Å². The number of carboxylic acids is 1. The Hall–Kier alpha value is -1.10. The van der Waals surface area contributed by atoms with Crippen LogP contribution >= 0.6 is 0 Å². The first-order chi connectivity index (χ1) is 10.1. The van der Waals surface area contributed by atoms with E-state index in [-0.39, 0.29) is 23.8 Å². The third-order valence-corrected chi connectivity index (χ3v) is 5.09. The molecule has 118 valence electrons. The number of aliphatic carboxylic acids is 1. The highest BCUT2D eigenvalue weighted by Crippen LogP contribution is 2.33. The van der Waals surface area contributed by atoms with Gasteiger partial charge in [0.1, 0.15) is 0 Å². The highest BCUT2D eigenvalue weighted by Gasteiger charge is 2.37. The predicted octanol–water partition coefficient (Wildman–Crippen LogP) is 1.90. The van der Waals surface area contributed by atoms with Crippen molar-refractivity contribution in [2.75, 3.05) is 19.7 Å². The summed E-state index contributed by atoms with van der Waals surface area (Å²) >= 11 is 0. The van der Waals surface area contributed by atoms with E-state index in [1.165, 1.54) is 12.8 Å². The van der Waals surface area contributed by atoms with Crippen LogP contribution in [0.2, 0.25) is 0 Å². The molecule has 1 unspecified atom stereocenters. The minimum Gasteiger partial charge on any atom is -0.481 e. The van der Waals surface area contributed by atoms with Gasteiger partial charge in [-0.3, -0.25) is 9.59 Å². The lowest BCUT2D eigenvalue weighted by molar-refractivity contribution is -0.142. The first-order valence-corrected chi connectivity index (χ1v) is 8.26. The average molecular weight is 295 g/mol. The first kappa shape index (κ1) is 14.8. The molecule has 5 heteroatoms. The lowest BCUT2D eigenvalue weighted by Crippen LogP contribution is -2.45. The number of carboxylic acid groups (broad SMARTS) is 1. The zero-order chi connectivity index (χ0) is 14.8. The Bertz CT molecular complexity index is 407. The summed E-state index contributed by atoms with van der Waals surface area (Å²) in [5.74, 6) is -0.269. The van der Waals surface area contributed by atoms with Gasteiger partial charge in [0.25, 0.3) is 0 Å². The molecule has 0 radical (unpaired) electrons. The minimum absolute atomic E-state index is 0.0896. The quantitative estimate of drug-likeness (QED) is 0.841. The lowest BCUT2D eigenvalue weighted by Gasteiger charge is -2.34. The molecule has 0 aromatic heterocycles. The summed E-state index contributed by atoms with van der Waals surface area (Å²) in [4.78, 5) is 25.5.